The van der Waals surface area contributed by atoms with Gasteiger partial charge in [0.05, 0.1) is 6.61 Å². The lowest BCUT2D eigenvalue weighted by molar-refractivity contribution is -0.490. The van der Waals surface area contributed by atoms with Crippen molar-refractivity contribution in [2.45, 2.75) is 25.7 Å². The lowest BCUT2D eigenvalue weighted by atomic mass is 10.2. The zero-order chi connectivity index (χ0) is 7.66. The Hall–Kier alpha value is -0.380. The van der Waals surface area contributed by atoms with E-state index in [1.807, 2.05) is 6.08 Å². The molecule has 0 heterocycles. The average molecular weight is 146 g/mol. The van der Waals surface area contributed by atoms with E-state index in [1.165, 1.54) is 0 Å². The van der Waals surface area contributed by atoms with Crippen molar-refractivity contribution in [2.75, 3.05) is 6.61 Å². The maximum absolute atomic E-state index is 7.73. The first-order valence-corrected chi connectivity index (χ1v) is 3.45. The summed E-state index contributed by atoms with van der Waals surface area (Å²) >= 11 is 0. The summed E-state index contributed by atoms with van der Waals surface area (Å²) in [6.45, 7) is 4.05. The molecular formula is C7H14O3. The molecule has 0 fully saturated rings. The van der Waals surface area contributed by atoms with Crippen LogP contribution in [0, 0.1) is 0 Å². The number of rotatable bonds is 7. The predicted octanol–water partition coefficient (Wildman–Crippen LogP) is 2.15. The van der Waals surface area contributed by atoms with Gasteiger partial charge >= 0.3 is 0 Å². The van der Waals surface area contributed by atoms with Gasteiger partial charge < -0.3 is 0 Å². The minimum Gasteiger partial charge on any atom is -0.221 e. The molecule has 0 bridgehead atoms. The van der Waals surface area contributed by atoms with Crippen LogP contribution in [-0.4, -0.2) is 11.9 Å². The van der Waals surface area contributed by atoms with E-state index in [0.29, 0.717) is 6.61 Å². The smallest absolute Gasteiger partial charge is 0.0853 e. The molecular weight excluding hydrogens is 132 g/mol. The fourth-order valence-electron chi connectivity index (χ4n) is 0.664. The Morgan fingerprint density at radius 1 is 1.30 bits per heavy atom. The Kier molecular flexibility index (Phi) is 8.29. The van der Waals surface area contributed by atoms with Gasteiger partial charge in [0, 0.05) is 0 Å². The molecule has 10 heavy (non-hydrogen) atoms. The molecule has 0 rings (SSSR count). The summed E-state index contributed by atoms with van der Waals surface area (Å²) in [5.74, 6) is 0. The van der Waals surface area contributed by atoms with E-state index in [4.69, 9.17) is 5.26 Å². The molecule has 0 atom stereocenters. The lowest BCUT2D eigenvalue weighted by Crippen LogP contribution is -1.92. The van der Waals surface area contributed by atoms with E-state index in [-0.39, 0.29) is 0 Å². The Balaban J connectivity index is 2.70. The van der Waals surface area contributed by atoms with Crippen LogP contribution in [0.25, 0.3) is 0 Å². The fraction of sp³-hybridized carbons (Fsp3) is 0.714. The normalized spacial score (nSPS) is 9.70. The van der Waals surface area contributed by atoms with Crippen LogP contribution in [0.15, 0.2) is 12.7 Å². The van der Waals surface area contributed by atoms with Crippen LogP contribution in [0.1, 0.15) is 25.7 Å². The average Bonchev–Trinajstić information content (AvgIpc) is 1.97. The molecule has 3 nitrogen and oxygen atoms in total. The lowest BCUT2D eigenvalue weighted by Gasteiger charge is -1.96. The molecule has 0 aromatic rings. The van der Waals surface area contributed by atoms with Crippen molar-refractivity contribution in [1.82, 2.24) is 0 Å². The molecule has 0 aromatic heterocycles. The van der Waals surface area contributed by atoms with Crippen molar-refractivity contribution in [2.24, 2.45) is 0 Å². The monoisotopic (exact) mass is 146 g/mol. The highest BCUT2D eigenvalue weighted by atomic mass is 17.5. The number of hydrogen-bond donors (Lipinski definition) is 1. The highest BCUT2D eigenvalue weighted by molar-refractivity contribution is 4.65. The standard InChI is InChI=1S/C7H14O3/c1-2-3-4-5-6-7-9-10-8/h2,8H,1,3-7H2. The number of allylic oxidation sites excluding steroid dienone is 1. The van der Waals surface area contributed by atoms with Gasteiger partial charge in [0.1, 0.15) is 0 Å². The molecule has 0 aliphatic heterocycles. The summed E-state index contributed by atoms with van der Waals surface area (Å²) in [6.07, 6.45) is 6.05. The second kappa shape index (κ2) is 8.62. The van der Waals surface area contributed by atoms with Crippen molar-refractivity contribution in [3.63, 3.8) is 0 Å². The van der Waals surface area contributed by atoms with Crippen LogP contribution in [0.5, 0.6) is 0 Å². The van der Waals surface area contributed by atoms with Crippen molar-refractivity contribution in [3.05, 3.63) is 12.7 Å². The summed E-state index contributed by atoms with van der Waals surface area (Å²) < 4.78 is 0. The molecule has 0 aromatic carbocycles. The third-order valence-corrected chi connectivity index (χ3v) is 1.19. The molecule has 0 radical (unpaired) electrons. The van der Waals surface area contributed by atoms with Gasteiger partial charge in [0.15, 0.2) is 0 Å². The van der Waals surface area contributed by atoms with E-state index in [0.717, 1.165) is 25.7 Å². The summed E-state index contributed by atoms with van der Waals surface area (Å²) in [5.41, 5.74) is 0. The van der Waals surface area contributed by atoms with Crippen LogP contribution < -0.4 is 0 Å². The Labute approximate surface area is 61.1 Å². The van der Waals surface area contributed by atoms with Crippen LogP contribution in [0.4, 0.5) is 0 Å². The van der Waals surface area contributed by atoms with Gasteiger partial charge in [-0.25, -0.2) is 10.1 Å². The first-order valence-electron chi connectivity index (χ1n) is 3.45. The summed E-state index contributed by atoms with van der Waals surface area (Å²) in [7, 11) is 0. The first-order chi connectivity index (χ1) is 4.91. The summed E-state index contributed by atoms with van der Waals surface area (Å²) in [5, 5.41) is 11.2. The van der Waals surface area contributed by atoms with E-state index in [9.17, 15) is 0 Å². The van der Waals surface area contributed by atoms with Crippen molar-refractivity contribution in [1.29, 1.82) is 0 Å². The van der Waals surface area contributed by atoms with E-state index < -0.39 is 0 Å². The zero-order valence-corrected chi connectivity index (χ0v) is 6.08. The first kappa shape index (κ1) is 9.62. The Bertz CT molecular complexity index is 73.3. The Morgan fingerprint density at radius 3 is 2.70 bits per heavy atom. The van der Waals surface area contributed by atoms with Gasteiger partial charge in [0.2, 0.25) is 0 Å². The zero-order valence-electron chi connectivity index (χ0n) is 6.08. The van der Waals surface area contributed by atoms with Crippen molar-refractivity contribution in [3.8, 4) is 0 Å². The largest absolute Gasteiger partial charge is 0.221 e. The minimum atomic E-state index is 0.452. The predicted molar refractivity (Wildman–Crippen MR) is 38.3 cm³/mol. The van der Waals surface area contributed by atoms with Crippen LogP contribution in [-0.2, 0) is 9.93 Å². The maximum Gasteiger partial charge on any atom is 0.0853 e. The van der Waals surface area contributed by atoms with Crippen LogP contribution in [0.3, 0.4) is 0 Å². The molecule has 0 saturated heterocycles. The fourth-order valence-corrected chi connectivity index (χ4v) is 0.664. The van der Waals surface area contributed by atoms with Gasteiger partial charge in [-0.15, -0.1) is 6.58 Å². The molecule has 1 N–H and O–H groups in total. The minimum absolute atomic E-state index is 0.452. The summed E-state index contributed by atoms with van der Waals surface area (Å²) in [6, 6.07) is 0. The highest BCUT2D eigenvalue weighted by Crippen LogP contribution is 1.99. The second-order valence-electron chi connectivity index (χ2n) is 2.03. The van der Waals surface area contributed by atoms with Crippen molar-refractivity contribution >= 4 is 0 Å². The summed E-state index contributed by atoms with van der Waals surface area (Å²) in [4.78, 5) is 4.24. The highest BCUT2D eigenvalue weighted by Gasteiger charge is 1.87. The molecule has 0 saturated carbocycles. The second-order valence-corrected chi connectivity index (χ2v) is 2.03. The Morgan fingerprint density at radius 2 is 2.10 bits per heavy atom. The quantitative estimate of drug-likeness (QED) is 0.259. The number of hydrogen-bond acceptors (Lipinski definition) is 3. The van der Waals surface area contributed by atoms with Gasteiger partial charge in [-0.05, 0) is 19.3 Å². The van der Waals surface area contributed by atoms with Gasteiger partial charge in [-0.2, -0.15) is 0 Å². The van der Waals surface area contributed by atoms with Gasteiger partial charge in [0.25, 0.3) is 0 Å². The van der Waals surface area contributed by atoms with E-state index in [1.54, 1.807) is 0 Å². The van der Waals surface area contributed by atoms with E-state index >= 15 is 0 Å². The molecule has 3 heteroatoms. The molecule has 0 aliphatic carbocycles. The molecule has 0 spiro atoms. The maximum atomic E-state index is 7.73. The van der Waals surface area contributed by atoms with Gasteiger partial charge in [-0.1, -0.05) is 17.5 Å². The molecule has 0 amide bonds. The van der Waals surface area contributed by atoms with Crippen molar-refractivity contribution < 1.29 is 15.2 Å². The molecule has 60 valence electrons. The SMILES string of the molecule is C=CCCCCCOOO. The molecule has 0 unspecified atom stereocenters. The molecule has 0 aliphatic rings. The third-order valence-electron chi connectivity index (χ3n) is 1.19. The van der Waals surface area contributed by atoms with E-state index in [2.05, 4.69) is 16.5 Å². The van der Waals surface area contributed by atoms with Gasteiger partial charge in [-0.3, -0.25) is 0 Å². The third kappa shape index (κ3) is 7.62. The topological polar surface area (TPSA) is 38.7 Å². The number of unbranched alkanes of at least 4 members (excludes halogenated alkanes) is 3. The van der Waals surface area contributed by atoms with Crippen LogP contribution >= 0.6 is 0 Å². The van der Waals surface area contributed by atoms with Crippen LogP contribution in [0.2, 0.25) is 0 Å².